The van der Waals surface area contributed by atoms with Crippen molar-refractivity contribution in [3.05, 3.63) is 94.8 Å². The Morgan fingerprint density at radius 2 is 1.94 bits per heavy atom. The Kier molecular flexibility index (Phi) is 6.62. The SMILES string of the molecule is C[C@@H](c1ccc(C2=C[NH+]([O-])CC=C2)cc1)N1CC[C@](CCC(N)=O)(c2ccccc2)OC1=O. The van der Waals surface area contributed by atoms with Crippen molar-refractivity contribution >= 4 is 17.6 Å². The van der Waals surface area contributed by atoms with Gasteiger partial charge in [-0.3, -0.25) is 4.79 Å². The smallest absolute Gasteiger partial charge is 0.411 e. The third kappa shape index (κ3) is 4.99. The fourth-order valence-electron chi connectivity index (χ4n) is 4.51. The van der Waals surface area contributed by atoms with Crippen LogP contribution in [-0.4, -0.2) is 30.0 Å². The first-order valence-corrected chi connectivity index (χ1v) is 11.2. The number of allylic oxidation sites excluding steroid dienone is 2. The van der Waals surface area contributed by atoms with Crippen molar-refractivity contribution < 1.29 is 19.4 Å². The number of primary amides is 1. The maximum atomic E-state index is 13.1. The van der Waals surface area contributed by atoms with Gasteiger partial charge in [0.05, 0.1) is 6.04 Å². The Morgan fingerprint density at radius 3 is 2.58 bits per heavy atom. The monoisotopic (exact) mass is 447 g/mol. The van der Waals surface area contributed by atoms with Gasteiger partial charge in [-0.05, 0) is 35.8 Å². The quantitative estimate of drug-likeness (QED) is 0.637. The summed E-state index contributed by atoms with van der Waals surface area (Å²) in [4.78, 5) is 26.3. The number of benzene rings is 2. The van der Waals surface area contributed by atoms with E-state index in [1.807, 2.05) is 73.7 Å². The zero-order valence-corrected chi connectivity index (χ0v) is 18.7. The average Bonchev–Trinajstić information content (AvgIpc) is 2.83. The number of nitrogens with zero attached hydrogens (tertiary/aromatic N) is 1. The highest BCUT2D eigenvalue weighted by molar-refractivity contribution is 5.75. The molecular weight excluding hydrogens is 418 g/mol. The average molecular weight is 448 g/mol. The summed E-state index contributed by atoms with van der Waals surface area (Å²) in [5, 5.41) is 11.8. The highest BCUT2D eigenvalue weighted by Crippen LogP contribution is 2.40. The molecule has 0 spiro atoms. The van der Waals surface area contributed by atoms with Crippen LogP contribution >= 0.6 is 0 Å². The fourth-order valence-corrected chi connectivity index (χ4v) is 4.51. The minimum Gasteiger partial charge on any atom is -0.629 e. The topological polar surface area (TPSA) is 100 Å². The van der Waals surface area contributed by atoms with Gasteiger partial charge in [-0.15, -0.1) is 0 Å². The third-order valence-corrected chi connectivity index (χ3v) is 6.48. The number of hydrogen-bond donors (Lipinski definition) is 2. The van der Waals surface area contributed by atoms with Crippen LogP contribution in [0.5, 0.6) is 0 Å². The number of rotatable bonds is 7. The van der Waals surface area contributed by atoms with Crippen molar-refractivity contribution in [3.8, 4) is 0 Å². The molecular formula is C26H29N3O4. The first-order valence-electron chi connectivity index (χ1n) is 11.2. The fraction of sp³-hybridized carbons (Fsp3) is 0.308. The Morgan fingerprint density at radius 1 is 1.21 bits per heavy atom. The van der Waals surface area contributed by atoms with Crippen LogP contribution in [0.2, 0.25) is 0 Å². The van der Waals surface area contributed by atoms with Gasteiger partial charge in [0.1, 0.15) is 18.3 Å². The van der Waals surface area contributed by atoms with Crippen LogP contribution in [0.25, 0.3) is 5.57 Å². The van der Waals surface area contributed by atoms with Crippen LogP contribution < -0.4 is 10.8 Å². The molecule has 0 bridgehead atoms. The number of ether oxygens (including phenoxy) is 1. The molecule has 4 rings (SSSR count). The van der Waals surface area contributed by atoms with E-state index in [1.54, 1.807) is 11.1 Å². The molecule has 1 fully saturated rings. The van der Waals surface area contributed by atoms with Crippen molar-refractivity contribution in [1.29, 1.82) is 0 Å². The number of carbonyl (C=O) groups excluding carboxylic acids is 2. The van der Waals surface area contributed by atoms with Crippen LogP contribution in [0.15, 0.2) is 72.9 Å². The van der Waals surface area contributed by atoms with E-state index in [0.717, 1.165) is 22.3 Å². The second-order valence-corrected chi connectivity index (χ2v) is 8.61. The zero-order chi connectivity index (χ0) is 23.4. The molecule has 7 nitrogen and oxygen atoms in total. The summed E-state index contributed by atoms with van der Waals surface area (Å²) < 4.78 is 6.02. The lowest BCUT2D eigenvalue weighted by molar-refractivity contribution is -0.783. The van der Waals surface area contributed by atoms with Crippen LogP contribution in [0.4, 0.5) is 4.79 Å². The summed E-state index contributed by atoms with van der Waals surface area (Å²) in [7, 11) is 0. The van der Waals surface area contributed by atoms with E-state index in [4.69, 9.17) is 10.5 Å². The molecule has 2 aromatic carbocycles. The molecule has 172 valence electrons. The van der Waals surface area contributed by atoms with Gasteiger partial charge < -0.3 is 25.6 Å². The molecule has 1 saturated heterocycles. The summed E-state index contributed by atoms with van der Waals surface area (Å²) in [5.74, 6) is -0.415. The molecule has 2 aliphatic rings. The van der Waals surface area contributed by atoms with E-state index in [-0.39, 0.29) is 17.5 Å². The molecule has 7 heteroatoms. The van der Waals surface area contributed by atoms with Gasteiger partial charge in [0, 0.05) is 31.4 Å². The van der Waals surface area contributed by atoms with E-state index >= 15 is 0 Å². The van der Waals surface area contributed by atoms with Gasteiger partial charge in [-0.25, -0.2) is 4.79 Å². The molecule has 3 atom stereocenters. The van der Waals surface area contributed by atoms with Crippen LogP contribution in [-0.2, 0) is 15.1 Å². The van der Waals surface area contributed by atoms with Crippen molar-refractivity contribution in [1.82, 2.24) is 4.90 Å². The lowest BCUT2D eigenvalue weighted by Crippen LogP contribution is -3.02. The maximum Gasteiger partial charge on any atom is 0.411 e. The van der Waals surface area contributed by atoms with Gasteiger partial charge in [-0.1, -0.05) is 54.6 Å². The predicted molar refractivity (Wildman–Crippen MR) is 126 cm³/mol. The van der Waals surface area contributed by atoms with Crippen molar-refractivity contribution in [2.24, 2.45) is 5.73 Å². The second kappa shape index (κ2) is 9.60. The summed E-state index contributed by atoms with van der Waals surface area (Å²) >= 11 is 0. The number of nitrogens with two attached hydrogens (primary N) is 1. The van der Waals surface area contributed by atoms with Crippen LogP contribution in [0.1, 0.15) is 48.9 Å². The molecule has 1 unspecified atom stereocenters. The molecule has 0 saturated carbocycles. The zero-order valence-electron chi connectivity index (χ0n) is 18.7. The molecule has 2 amide bonds. The van der Waals surface area contributed by atoms with E-state index in [9.17, 15) is 14.8 Å². The maximum absolute atomic E-state index is 13.1. The molecule has 2 aliphatic heterocycles. The predicted octanol–water partition coefficient (Wildman–Crippen LogP) is 3.04. The van der Waals surface area contributed by atoms with Crippen LogP contribution in [0, 0.1) is 5.21 Å². The van der Waals surface area contributed by atoms with Gasteiger partial charge in [0.25, 0.3) is 0 Å². The van der Waals surface area contributed by atoms with Gasteiger partial charge in [0.2, 0.25) is 5.91 Å². The molecule has 33 heavy (non-hydrogen) atoms. The van der Waals surface area contributed by atoms with Gasteiger partial charge in [0.15, 0.2) is 0 Å². The second-order valence-electron chi connectivity index (χ2n) is 8.61. The number of hydroxylamine groups is 2. The summed E-state index contributed by atoms with van der Waals surface area (Å²) in [6.45, 7) is 2.91. The molecule has 0 radical (unpaired) electrons. The Balaban J connectivity index is 1.50. The third-order valence-electron chi connectivity index (χ3n) is 6.48. The lowest BCUT2D eigenvalue weighted by atomic mass is 9.84. The van der Waals surface area contributed by atoms with E-state index < -0.39 is 17.6 Å². The largest absolute Gasteiger partial charge is 0.629 e. The lowest BCUT2D eigenvalue weighted by Gasteiger charge is -2.43. The number of carbonyl (C=O) groups is 2. The first kappa shape index (κ1) is 22.8. The molecule has 0 aliphatic carbocycles. The summed E-state index contributed by atoms with van der Waals surface area (Å²) in [6, 6.07) is 17.3. The van der Waals surface area contributed by atoms with E-state index in [0.29, 0.717) is 25.9 Å². The number of amides is 2. The summed E-state index contributed by atoms with van der Waals surface area (Å²) in [5.41, 5.74) is 8.24. The van der Waals surface area contributed by atoms with Gasteiger partial charge >= 0.3 is 6.09 Å². The molecule has 0 aromatic heterocycles. The van der Waals surface area contributed by atoms with Crippen molar-refractivity contribution in [2.75, 3.05) is 13.1 Å². The van der Waals surface area contributed by atoms with Crippen molar-refractivity contribution in [2.45, 2.75) is 37.8 Å². The highest BCUT2D eigenvalue weighted by atomic mass is 16.6. The first-order chi connectivity index (χ1) is 15.9. The Hall–Kier alpha value is -3.42. The number of nitrogens with one attached hydrogen (secondary N) is 1. The minimum atomic E-state index is -0.861. The number of quaternary nitrogens is 1. The van der Waals surface area contributed by atoms with E-state index in [1.165, 1.54) is 0 Å². The molecule has 2 heterocycles. The Labute approximate surface area is 193 Å². The van der Waals surface area contributed by atoms with Gasteiger partial charge in [-0.2, -0.15) is 0 Å². The highest BCUT2D eigenvalue weighted by Gasteiger charge is 2.43. The normalized spacial score (nSPS) is 23.6. The van der Waals surface area contributed by atoms with Crippen molar-refractivity contribution in [3.63, 3.8) is 0 Å². The summed E-state index contributed by atoms with van der Waals surface area (Å²) in [6.07, 6.45) is 6.15. The Bertz CT molecular complexity index is 1060. The number of cyclic esters (lactones) is 1. The minimum absolute atomic E-state index is 0.0965. The van der Waals surface area contributed by atoms with E-state index in [2.05, 4.69) is 0 Å². The number of hydrogen-bond acceptors (Lipinski definition) is 4. The van der Waals surface area contributed by atoms with Crippen LogP contribution in [0.3, 0.4) is 0 Å². The molecule has 3 N–H and O–H groups in total. The molecule has 2 aromatic rings. The standard InChI is InChI=1S/C26H29N3O4/c1-19(20-9-11-21(12-10-20)22-6-5-16-28(32)18-22)29-17-15-26(33-25(29)31,14-13-24(27)30)23-7-3-2-4-8-23/h2-12,18-19,28H,13-17H2,1H3,(H2,27,30)/t19-,26+/m0/s1.